The zero-order valence-electron chi connectivity index (χ0n) is 15.8. The molecule has 144 valence electrons. The van der Waals surface area contributed by atoms with Crippen LogP contribution in [-0.2, 0) is 11.2 Å². The third-order valence-corrected chi connectivity index (χ3v) is 5.42. The maximum atomic E-state index is 13.0. The summed E-state index contributed by atoms with van der Waals surface area (Å²) in [5.74, 6) is 1.11. The second kappa shape index (κ2) is 7.31. The second-order valence-corrected chi connectivity index (χ2v) is 7.53. The molecule has 1 N–H and O–H groups in total. The minimum atomic E-state index is -0.321. The van der Waals surface area contributed by atoms with Crippen molar-refractivity contribution in [3.63, 3.8) is 0 Å². The van der Waals surface area contributed by atoms with Gasteiger partial charge in [-0.05, 0) is 58.2 Å². The fourth-order valence-electron chi connectivity index (χ4n) is 3.67. The number of amides is 2. The van der Waals surface area contributed by atoms with Crippen LogP contribution in [0.1, 0.15) is 59.0 Å². The molecule has 2 fully saturated rings. The van der Waals surface area contributed by atoms with E-state index in [2.05, 4.69) is 10.5 Å². The number of hydrogen-bond donors (Lipinski definition) is 1. The zero-order chi connectivity index (χ0) is 19.0. The van der Waals surface area contributed by atoms with Gasteiger partial charge in [-0.1, -0.05) is 5.16 Å². The number of rotatable bonds is 5. The summed E-state index contributed by atoms with van der Waals surface area (Å²) in [7, 11) is 0. The van der Waals surface area contributed by atoms with E-state index < -0.39 is 0 Å². The number of carbonyl (C=O) groups is 2. The maximum absolute atomic E-state index is 13.0. The number of furan rings is 1. The first-order chi connectivity index (χ1) is 13.0. The van der Waals surface area contributed by atoms with Crippen LogP contribution in [0.3, 0.4) is 0 Å². The molecule has 2 aromatic rings. The Bertz CT molecular complexity index is 824. The number of piperidine rings is 1. The van der Waals surface area contributed by atoms with E-state index in [1.54, 1.807) is 12.1 Å². The van der Waals surface area contributed by atoms with Gasteiger partial charge in [0.1, 0.15) is 11.5 Å². The van der Waals surface area contributed by atoms with Gasteiger partial charge in [0.15, 0.2) is 5.76 Å². The highest BCUT2D eigenvalue weighted by Crippen LogP contribution is 2.31. The lowest BCUT2D eigenvalue weighted by molar-refractivity contribution is -0.133. The highest BCUT2D eigenvalue weighted by Gasteiger charge is 2.41. The van der Waals surface area contributed by atoms with Gasteiger partial charge in [0.05, 0.1) is 11.6 Å². The molecule has 3 heterocycles. The summed E-state index contributed by atoms with van der Waals surface area (Å²) in [5.41, 5.74) is 1.78. The molecule has 0 spiro atoms. The van der Waals surface area contributed by atoms with Crippen LogP contribution in [0.25, 0.3) is 0 Å². The lowest BCUT2D eigenvalue weighted by Crippen LogP contribution is -2.46. The Morgan fingerprint density at radius 3 is 2.70 bits per heavy atom. The van der Waals surface area contributed by atoms with Gasteiger partial charge in [0.2, 0.25) is 5.91 Å². The number of carbonyl (C=O) groups excluding carboxylic acids is 2. The van der Waals surface area contributed by atoms with Crippen LogP contribution < -0.4 is 5.32 Å². The minimum Gasteiger partial charge on any atom is -0.456 e. The molecule has 1 unspecified atom stereocenters. The molecule has 1 aliphatic heterocycles. The van der Waals surface area contributed by atoms with E-state index in [0.717, 1.165) is 49.2 Å². The predicted molar refractivity (Wildman–Crippen MR) is 97.3 cm³/mol. The van der Waals surface area contributed by atoms with Crippen molar-refractivity contribution in [3.8, 4) is 0 Å². The Labute approximate surface area is 158 Å². The van der Waals surface area contributed by atoms with Crippen molar-refractivity contribution in [1.29, 1.82) is 0 Å². The average molecular weight is 371 g/mol. The van der Waals surface area contributed by atoms with Crippen molar-refractivity contribution in [2.75, 3.05) is 13.1 Å². The van der Waals surface area contributed by atoms with Gasteiger partial charge in [0.25, 0.3) is 5.91 Å². The van der Waals surface area contributed by atoms with Gasteiger partial charge in [-0.2, -0.15) is 0 Å². The number of nitrogens with zero attached hydrogens (tertiary/aromatic N) is 2. The molecule has 0 aromatic carbocycles. The standard InChI is InChI=1S/C20H25N3O4/c1-12-17(13(2)27-22-12)10-16-7-8-18(26-16)20(25)23(15-5-6-15)19(24)14-4-3-9-21-11-14/h7-8,14-15,21H,3-6,9-11H2,1-2H3. The molecule has 7 nitrogen and oxygen atoms in total. The lowest BCUT2D eigenvalue weighted by Gasteiger charge is -2.28. The maximum Gasteiger partial charge on any atom is 0.296 e. The Balaban J connectivity index is 1.50. The fourth-order valence-corrected chi connectivity index (χ4v) is 3.67. The molecule has 1 saturated heterocycles. The molecule has 0 bridgehead atoms. The van der Waals surface area contributed by atoms with E-state index in [0.29, 0.717) is 18.7 Å². The Morgan fingerprint density at radius 2 is 2.07 bits per heavy atom. The number of aryl methyl sites for hydroxylation is 2. The van der Waals surface area contributed by atoms with Crippen LogP contribution in [0.15, 0.2) is 21.1 Å². The van der Waals surface area contributed by atoms with E-state index in [1.165, 1.54) is 4.90 Å². The van der Waals surface area contributed by atoms with Crippen LogP contribution in [0.5, 0.6) is 0 Å². The van der Waals surface area contributed by atoms with Gasteiger partial charge >= 0.3 is 0 Å². The molecule has 27 heavy (non-hydrogen) atoms. The van der Waals surface area contributed by atoms with Gasteiger partial charge in [-0.15, -0.1) is 0 Å². The molecule has 2 aromatic heterocycles. The molecule has 7 heteroatoms. The Morgan fingerprint density at radius 1 is 1.26 bits per heavy atom. The summed E-state index contributed by atoms with van der Waals surface area (Å²) in [6, 6.07) is 3.47. The van der Waals surface area contributed by atoms with E-state index in [4.69, 9.17) is 8.94 Å². The van der Waals surface area contributed by atoms with E-state index in [1.807, 2.05) is 13.8 Å². The quantitative estimate of drug-likeness (QED) is 0.813. The Hall–Kier alpha value is -2.41. The summed E-state index contributed by atoms with van der Waals surface area (Å²) < 4.78 is 11.0. The third-order valence-electron chi connectivity index (χ3n) is 5.42. The first kappa shape index (κ1) is 18.0. The molecule has 1 aliphatic carbocycles. The monoisotopic (exact) mass is 371 g/mol. The van der Waals surface area contributed by atoms with Crippen molar-refractivity contribution in [2.24, 2.45) is 5.92 Å². The van der Waals surface area contributed by atoms with E-state index in [9.17, 15) is 9.59 Å². The van der Waals surface area contributed by atoms with Gasteiger partial charge in [-0.3, -0.25) is 14.5 Å². The SMILES string of the molecule is Cc1noc(C)c1Cc1ccc(C(=O)N(C(=O)C2CCCNC2)C2CC2)o1. The van der Waals surface area contributed by atoms with E-state index in [-0.39, 0.29) is 29.5 Å². The van der Waals surface area contributed by atoms with Gasteiger partial charge in [0, 0.05) is 24.6 Å². The highest BCUT2D eigenvalue weighted by molar-refractivity contribution is 6.04. The van der Waals surface area contributed by atoms with Crippen molar-refractivity contribution in [2.45, 2.75) is 52.0 Å². The van der Waals surface area contributed by atoms with Crippen LogP contribution in [0.2, 0.25) is 0 Å². The number of nitrogens with one attached hydrogen (secondary N) is 1. The molecule has 4 rings (SSSR count). The van der Waals surface area contributed by atoms with E-state index >= 15 is 0 Å². The van der Waals surface area contributed by atoms with Crippen LogP contribution in [0, 0.1) is 19.8 Å². The van der Waals surface area contributed by atoms with Crippen LogP contribution in [0.4, 0.5) is 0 Å². The second-order valence-electron chi connectivity index (χ2n) is 7.53. The van der Waals surface area contributed by atoms with Crippen LogP contribution >= 0.6 is 0 Å². The normalized spacial score (nSPS) is 19.9. The summed E-state index contributed by atoms with van der Waals surface area (Å²) in [6.07, 6.45) is 4.07. The topological polar surface area (TPSA) is 88.6 Å². The van der Waals surface area contributed by atoms with Crippen molar-refractivity contribution < 1.29 is 18.5 Å². The smallest absolute Gasteiger partial charge is 0.296 e. The molecule has 2 aliphatic rings. The van der Waals surface area contributed by atoms with Gasteiger partial charge in [-0.25, -0.2) is 0 Å². The highest BCUT2D eigenvalue weighted by atomic mass is 16.5. The first-order valence-corrected chi connectivity index (χ1v) is 9.63. The van der Waals surface area contributed by atoms with Crippen molar-refractivity contribution >= 4 is 11.8 Å². The van der Waals surface area contributed by atoms with Crippen LogP contribution in [-0.4, -0.2) is 41.0 Å². The molecule has 0 radical (unpaired) electrons. The van der Waals surface area contributed by atoms with Crippen molar-refractivity contribution in [3.05, 3.63) is 40.7 Å². The third kappa shape index (κ3) is 3.69. The summed E-state index contributed by atoms with van der Waals surface area (Å²) >= 11 is 0. The molecule has 1 atom stereocenters. The number of hydrogen-bond acceptors (Lipinski definition) is 6. The lowest BCUT2D eigenvalue weighted by atomic mass is 9.98. The fraction of sp³-hybridized carbons (Fsp3) is 0.550. The summed E-state index contributed by atoms with van der Waals surface area (Å²) in [4.78, 5) is 27.4. The predicted octanol–water partition coefficient (Wildman–Crippen LogP) is 2.61. The molecular formula is C20H25N3O4. The van der Waals surface area contributed by atoms with Crippen molar-refractivity contribution in [1.82, 2.24) is 15.4 Å². The molecule has 1 saturated carbocycles. The number of imide groups is 1. The Kier molecular flexibility index (Phi) is 4.86. The summed E-state index contributed by atoms with van der Waals surface area (Å²) in [5, 5.41) is 7.20. The minimum absolute atomic E-state index is 0.0167. The first-order valence-electron chi connectivity index (χ1n) is 9.63. The molecule has 2 amide bonds. The summed E-state index contributed by atoms with van der Waals surface area (Å²) in [6.45, 7) is 5.32. The largest absolute Gasteiger partial charge is 0.456 e. The average Bonchev–Trinajstić information content (AvgIpc) is 3.31. The number of aromatic nitrogens is 1. The molecular weight excluding hydrogens is 346 g/mol. The van der Waals surface area contributed by atoms with Gasteiger partial charge < -0.3 is 14.3 Å². The zero-order valence-corrected chi connectivity index (χ0v) is 15.8.